The van der Waals surface area contributed by atoms with Gasteiger partial charge in [0.15, 0.2) is 0 Å². The Morgan fingerprint density at radius 2 is 1.83 bits per heavy atom. The molecule has 1 fully saturated rings. The molecule has 1 aromatic rings. The number of benzene rings is 1. The lowest BCUT2D eigenvalue weighted by Crippen LogP contribution is -2.29. The largest absolute Gasteiger partial charge is 0.497 e. The molecule has 8 heteroatoms. The zero-order chi connectivity index (χ0) is 17.0. The number of nitrogens with zero attached hydrogens (tertiary/aromatic N) is 1. The molecule has 0 spiro atoms. The maximum absolute atomic E-state index is 12.0. The van der Waals surface area contributed by atoms with E-state index in [4.69, 9.17) is 14.6 Å². The van der Waals surface area contributed by atoms with E-state index < -0.39 is 10.0 Å². The van der Waals surface area contributed by atoms with Crippen molar-refractivity contribution < 1.29 is 22.7 Å². The number of sulfonamides is 1. The third kappa shape index (κ3) is 5.11. The highest BCUT2D eigenvalue weighted by Crippen LogP contribution is 2.24. The predicted octanol–water partition coefficient (Wildman–Crippen LogP) is 0.383. The molecule has 0 saturated carbocycles. The number of carbonyl (C=O) groups excluding carboxylic acids is 1. The van der Waals surface area contributed by atoms with Gasteiger partial charge in [0.1, 0.15) is 11.5 Å². The number of amides is 1. The Kier molecular flexibility index (Phi) is 5.48. The van der Waals surface area contributed by atoms with E-state index in [2.05, 4.69) is 0 Å². The maximum atomic E-state index is 12.0. The molecule has 7 nitrogen and oxygen atoms in total. The molecule has 0 aliphatic carbocycles. The van der Waals surface area contributed by atoms with Gasteiger partial charge < -0.3 is 14.4 Å². The molecule has 128 valence electrons. The second-order valence-corrected chi connectivity index (χ2v) is 7.37. The number of nitrogens with two attached hydrogens (primary N) is 1. The first-order valence-electron chi connectivity index (χ1n) is 7.31. The number of methoxy groups -OCH3 is 2. The first kappa shape index (κ1) is 17.6. The van der Waals surface area contributed by atoms with Gasteiger partial charge in [0.2, 0.25) is 15.9 Å². The summed E-state index contributed by atoms with van der Waals surface area (Å²) in [7, 11) is -0.384. The predicted molar refractivity (Wildman–Crippen MR) is 85.9 cm³/mol. The highest BCUT2D eigenvalue weighted by Gasteiger charge is 2.31. The average molecular weight is 342 g/mol. The van der Waals surface area contributed by atoms with Crippen molar-refractivity contribution in [2.75, 3.05) is 33.1 Å². The average Bonchev–Trinajstić information content (AvgIpc) is 2.82. The van der Waals surface area contributed by atoms with Gasteiger partial charge in [-0.05, 0) is 24.1 Å². The molecule has 2 rings (SSSR count). The Bertz CT molecular complexity index is 652. The quantitative estimate of drug-likeness (QED) is 0.772. The Morgan fingerprint density at radius 3 is 2.35 bits per heavy atom. The van der Waals surface area contributed by atoms with Crippen molar-refractivity contribution in [2.45, 2.75) is 12.8 Å². The summed E-state index contributed by atoms with van der Waals surface area (Å²) in [5.41, 5.74) is 0.990. The summed E-state index contributed by atoms with van der Waals surface area (Å²) in [6.07, 6.45) is 0.874. The van der Waals surface area contributed by atoms with Crippen LogP contribution >= 0.6 is 0 Å². The van der Waals surface area contributed by atoms with Crippen molar-refractivity contribution in [1.82, 2.24) is 4.90 Å². The summed E-state index contributed by atoms with van der Waals surface area (Å²) in [5.74, 6) is 0.978. The fraction of sp³-hybridized carbons (Fsp3) is 0.533. The van der Waals surface area contributed by atoms with Crippen molar-refractivity contribution >= 4 is 15.9 Å². The van der Waals surface area contributed by atoms with E-state index in [-0.39, 0.29) is 24.0 Å². The van der Waals surface area contributed by atoms with Gasteiger partial charge in [-0.25, -0.2) is 13.6 Å². The van der Waals surface area contributed by atoms with Crippen LogP contribution in [0, 0.1) is 5.92 Å². The fourth-order valence-electron chi connectivity index (χ4n) is 2.79. The molecule has 1 heterocycles. The van der Waals surface area contributed by atoms with Crippen LogP contribution in [0.2, 0.25) is 0 Å². The summed E-state index contributed by atoms with van der Waals surface area (Å²) in [6.45, 7) is 0.951. The highest BCUT2D eigenvalue weighted by molar-refractivity contribution is 7.89. The third-order valence-electron chi connectivity index (χ3n) is 3.84. The Hall–Kier alpha value is -1.80. The molecule has 0 radical (unpaired) electrons. The first-order chi connectivity index (χ1) is 10.8. The van der Waals surface area contributed by atoms with E-state index in [0.29, 0.717) is 31.0 Å². The number of likely N-dealkylation sites (tertiary alicyclic amines) is 1. The van der Waals surface area contributed by atoms with Gasteiger partial charge in [0, 0.05) is 31.5 Å². The number of primary sulfonamides is 1. The Labute approximate surface area is 136 Å². The van der Waals surface area contributed by atoms with Crippen molar-refractivity contribution in [2.24, 2.45) is 11.1 Å². The van der Waals surface area contributed by atoms with Gasteiger partial charge >= 0.3 is 0 Å². The van der Waals surface area contributed by atoms with Gasteiger partial charge in [0.05, 0.1) is 20.0 Å². The van der Waals surface area contributed by atoms with E-state index in [1.807, 2.05) is 12.1 Å². The topological polar surface area (TPSA) is 98.9 Å². The molecule has 1 atom stereocenters. The molecule has 23 heavy (non-hydrogen) atoms. The summed E-state index contributed by atoms with van der Waals surface area (Å²) >= 11 is 0. The Morgan fingerprint density at radius 1 is 1.22 bits per heavy atom. The zero-order valence-electron chi connectivity index (χ0n) is 13.3. The van der Waals surface area contributed by atoms with Gasteiger partial charge in [-0.1, -0.05) is 0 Å². The van der Waals surface area contributed by atoms with E-state index >= 15 is 0 Å². The first-order valence-corrected chi connectivity index (χ1v) is 9.02. The lowest BCUT2D eigenvalue weighted by molar-refractivity contribution is -0.127. The van der Waals surface area contributed by atoms with Crippen LogP contribution in [0.25, 0.3) is 0 Å². The van der Waals surface area contributed by atoms with Crippen molar-refractivity contribution in [3.05, 3.63) is 23.8 Å². The van der Waals surface area contributed by atoms with Gasteiger partial charge in [-0.3, -0.25) is 4.79 Å². The number of ether oxygens (including phenoxy) is 2. The summed E-state index contributed by atoms with van der Waals surface area (Å²) in [4.78, 5) is 13.7. The minimum Gasteiger partial charge on any atom is -0.497 e. The lowest BCUT2D eigenvalue weighted by Gasteiger charge is -2.17. The van der Waals surface area contributed by atoms with Crippen LogP contribution in [0.15, 0.2) is 18.2 Å². The number of hydrogen-bond donors (Lipinski definition) is 1. The minimum absolute atomic E-state index is 0.0338. The molecular formula is C15H22N2O5S. The van der Waals surface area contributed by atoms with Crippen LogP contribution in [0.4, 0.5) is 0 Å². The molecule has 1 amide bonds. The highest BCUT2D eigenvalue weighted by atomic mass is 32.2. The summed E-state index contributed by atoms with van der Waals surface area (Å²) < 4.78 is 32.7. The molecule has 1 aliphatic rings. The van der Waals surface area contributed by atoms with Gasteiger partial charge in [0.25, 0.3) is 0 Å². The molecular weight excluding hydrogens is 320 g/mol. The fourth-order valence-corrected chi connectivity index (χ4v) is 3.67. The molecule has 1 aromatic carbocycles. The normalized spacial score (nSPS) is 18.3. The SMILES string of the molecule is COc1cc(CCN2CC(CS(N)(=O)=O)CC2=O)cc(OC)c1. The van der Waals surface area contributed by atoms with Crippen molar-refractivity contribution in [3.8, 4) is 11.5 Å². The molecule has 0 bridgehead atoms. The van der Waals surface area contributed by atoms with Crippen LogP contribution in [-0.2, 0) is 21.2 Å². The monoisotopic (exact) mass is 342 g/mol. The smallest absolute Gasteiger partial charge is 0.222 e. The molecule has 1 unspecified atom stereocenters. The molecule has 1 aliphatic heterocycles. The van der Waals surface area contributed by atoms with Crippen LogP contribution in [0.5, 0.6) is 11.5 Å². The Balaban J connectivity index is 1.97. The van der Waals surface area contributed by atoms with Crippen LogP contribution < -0.4 is 14.6 Å². The van der Waals surface area contributed by atoms with Crippen molar-refractivity contribution in [1.29, 1.82) is 0 Å². The van der Waals surface area contributed by atoms with Crippen LogP contribution in [0.1, 0.15) is 12.0 Å². The maximum Gasteiger partial charge on any atom is 0.222 e. The van der Waals surface area contributed by atoms with Crippen LogP contribution in [0.3, 0.4) is 0 Å². The lowest BCUT2D eigenvalue weighted by atomic mass is 10.1. The second-order valence-electron chi connectivity index (χ2n) is 5.71. The molecule has 2 N–H and O–H groups in total. The number of hydrogen-bond acceptors (Lipinski definition) is 5. The minimum atomic E-state index is -3.55. The van der Waals surface area contributed by atoms with Crippen molar-refractivity contribution in [3.63, 3.8) is 0 Å². The standard InChI is InChI=1S/C15H22N2O5S/c1-21-13-5-11(6-14(8-13)22-2)3-4-17-9-12(7-15(17)18)10-23(16,19)20/h5-6,8,12H,3-4,7,9-10H2,1-2H3,(H2,16,19,20). The van der Waals surface area contributed by atoms with Crippen LogP contribution in [-0.4, -0.2) is 52.3 Å². The number of carbonyl (C=O) groups is 1. The summed E-state index contributed by atoms with van der Waals surface area (Å²) in [5, 5.41) is 5.05. The summed E-state index contributed by atoms with van der Waals surface area (Å²) in [6, 6.07) is 5.57. The molecule has 1 saturated heterocycles. The van der Waals surface area contributed by atoms with E-state index in [1.165, 1.54) is 0 Å². The van der Waals surface area contributed by atoms with Gasteiger partial charge in [-0.2, -0.15) is 0 Å². The van der Waals surface area contributed by atoms with E-state index in [9.17, 15) is 13.2 Å². The van der Waals surface area contributed by atoms with E-state index in [1.54, 1.807) is 25.2 Å². The third-order valence-corrected chi connectivity index (χ3v) is 4.78. The zero-order valence-corrected chi connectivity index (χ0v) is 14.1. The van der Waals surface area contributed by atoms with Gasteiger partial charge in [-0.15, -0.1) is 0 Å². The van der Waals surface area contributed by atoms with E-state index in [0.717, 1.165) is 5.56 Å². The molecule has 0 aromatic heterocycles. The second kappa shape index (κ2) is 7.18. The number of rotatable bonds is 7.